The highest BCUT2D eigenvalue weighted by Gasteiger charge is 2.10. The molecule has 0 fully saturated rings. The standard InChI is InChI=1S/C13H21NO2S2/c1-3-14-13(12-7-5-4-6-8-12)11-17-9-10-18(2,15)16/h4-8,13-14H,3,9-11H2,1-2H3. The number of thioether (sulfide) groups is 1. The van der Waals surface area contributed by atoms with E-state index in [2.05, 4.69) is 24.4 Å². The Kier molecular flexibility index (Phi) is 6.75. The molecular formula is C13H21NO2S2. The lowest BCUT2D eigenvalue weighted by Gasteiger charge is -2.17. The van der Waals surface area contributed by atoms with Gasteiger partial charge in [-0.3, -0.25) is 0 Å². The van der Waals surface area contributed by atoms with Gasteiger partial charge in [0.15, 0.2) is 0 Å². The fraction of sp³-hybridized carbons (Fsp3) is 0.538. The van der Waals surface area contributed by atoms with Gasteiger partial charge in [0.1, 0.15) is 9.84 Å². The Hall–Kier alpha value is -0.520. The normalized spacial score (nSPS) is 13.4. The summed E-state index contributed by atoms with van der Waals surface area (Å²) in [5.74, 6) is 1.81. The van der Waals surface area contributed by atoms with Crippen LogP contribution in [0.2, 0.25) is 0 Å². The number of rotatable bonds is 8. The summed E-state index contributed by atoms with van der Waals surface area (Å²) in [4.78, 5) is 0. The summed E-state index contributed by atoms with van der Waals surface area (Å²) >= 11 is 1.68. The third-order valence-corrected chi connectivity index (χ3v) is 4.80. The first-order chi connectivity index (χ1) is 8.53. The van der Waals surface area contributed by atoms with E-state index < -0.39 is 9.84 Å². The van der Waals surface area contributed by atoms with Gasteiger partial charge in [-0.2, -0.15) is 11.8 Å². The predicted molar refractivity (Wildman–Crippen MR) is 79.9 cm³/mol. The minimum atomic E-state index is -2.84. The summed E-state index contributed by atoms with van der Waals surface area (Å²) in [6.45, 7) is 2.99. The van der Waals surface area contributed by atoms with E-state index in [-0.39, 0.29) is 5.75 Å². The van der Waals surface area contributed by atoms with E-state index >= 15 is 0 Å². The molecule has 1 atom stereocenters. The molecule has 0 aliphatic rings. The van der Waals surface area contributed by atoms with Crippen molar-refractivity contribution in [1.82, 2.24) is 5.32 Å². The molecule has 1 aromatic rings. The largest absolute Gasteiger partial charge is 0.310 e. The molecule has 0 amide bonds. The topological polar surface area (TPSA) is 46.2 Å². The van der Waals surface area contributed by atoms with Crippen molar-refractivity contribution >= 4 is 21.6 Å². The van der Waals surface area contributed by atoms with E-state index in [1.54, 1.807) is 11.8 Å². The third kappa shape index (κ3) is 6.42. The van der Waals surface area contributed by atoms with Gasteiger partial charge in [0.05, 0.1) is 5.75 Å². The fourth-order valence-corrected chi connectivity index (χ4v) is 4.01. The van der Waals surface area contributed by atoms with Gasteiger partial charge in [-0.05, 0) is 12.1 Å². The molecule has 18 heavy (non-hydrogen) atoms. The van der Waals surface area contributed by atoms with Gasteiger partial charge >= 0.3 is 0 Å². The van der Waals surface area contributed by atoms with E-state index in [0.29, 0.717) is 11.8 Å². The maximum atomic E-state index is 11.0. The van der Waals surface area contributed by atoms with Crippen LogP contribution in [0.25, 0.3) is 0 Å². The molecule has 1 unspecified atom stereocenters. The van der Waals surface area contributed by atoms with Crippen molar-refractivity contribution in [3.63, 3.8) is 0 Å². The molecule has 0 saturated heterocycles. The molecule has 0 spiro atoms. The Balaban J connectivity index is 2.44. The van der Waals surface area contributed by atoms with Crippen molar-refractivity contribution in [1.29, 1.82) is 0 Å². The second-order valence-corrected chi connectivity index (χ2v) is 7.64. The Morgan fingerprint density at radius 1 is 1.28 bits per heavy atom. The molecule has 0 saturated carbocycles. The minimum absolute atomic E-state index is 0.255. The zero-order valence-corrected chi connectivity index (χ0v) is 12.6. The highest BCUT2D eigenvalue weighted by molar-refractivity contribution is 8.00. The van der Waals surface area contributed by atoms with Crippen molar-refractivity contribution in [2.75, 3.05) is 30.1 Å². The van der Waals surface area contributed by atoms with E-state index in [4.69, 9.17) is 0 Å². The Morgan fingerprint density at radius 3 is 2.50 bits per heavy atom. The van der Waals surface area contributed by atoms with Crippen molar-refractivity contribution in [3.8, 4) is 0 Å². The van der Waals surface area contributed by atoms with E-state index in [1.807, 2.05) is 18.2 Å². The molecule has 0 aromatic heterocycles. The average molecular weight is 287 g/mol. The van der Waals surface area contributed by atoms with Gasteiger partial charge in [0.2, 0.25) is 0 Å². The maximum Gasteiger partial charge on any atom is 0.148 e. The Labute approximate surface area is 114 Å². The van der Waals surface area contributed by atoms with Gasteiger partial charge in [0.25, 0.3) is 0 Å². The molecule has 1 aromatic carbocycles. The average Bonchev–Trinajstić information content (AvgIpc) is 2.33. The van der Waals surface area contributed by atoms with Crippen LogP contribution in [-0.2, 0) is 9.84 Å². The van der Waals surface area contributed by atoms with Crippen LogP contribution in [0.5, 0.6) is 0 Å². The van der Waals surface area contributed by atoms with Crippen LogP contribution in [0.15, 0.2) is 30.3 Å². The monoisotopic (exact) mass is 287 g/mol. The molecule has 1 rings (SSSR count). The van der Waals surface area contributed by atoms with Crippen LogP contribution >= 0.6 is 11.8 Å². The first kappa shape index (κ1) is 15.5. The zero-order chi connectivity index (χ0) is 13.4. The summed E-state index contributed by atoms with van der Waals surface area (Å²) in [6.07, 6.45) is 1.28. The molecule has 1 N–H and O–H groups in total. The molecular weight excluding hydrogens is 266 g/mol. The number of sulfone groups is 1. The first-order valence-electron chi connectivity index (χ1n) is 6.06. The number of nitrogens with one attached hydrogen (secondary N) is 1. The van der Waals surface area contributed by atoms with Crippen LogP contribution in [-0.4, -0.2) is 38.5 Å². The molecule has 0 heterocycles. The van der Waals surface area contributed by atoms with Crippen molar-refractivity contribution in [2.24, 2.45) is 0 Å². The third-order valence-electron chi connectivity index (χ3n) is 2.54. The lowest BCUT2D eigenvalue weighted by atomic mass is 10.1. The van der Waals surface area contributed by atoms with Crippen molar-refractivity contribution < 1.29 is 8.42 Å². The SMILES string of the molecule is CCNC(CSCCS(C)(=O)=O)c1ccccc1. The Bertz CT molecular complexity index is 432. The summed E-state index contributed by atoms with van der Waals surface area (Å²) in [7, 11) is -2.84. The molecule has 0 aliphatic carbocycles. The van der Waals surface area contributed by atoms with E-state index in [1.165, 1.54) is 11.8 Å². The lowest BCUT2D eigenvalue weighted by molar-refractivity contribution is 0.602. The summed E-state index contributed by atoms with van der Waals surface area (Å²) in [5.41, 5.74) is 1.26. The van der Waals surface area contributed by atoms with Crippen LogP contribution in [0.1, 0.15) is 18.5 Å². The molecule has 3 nitrogen and oxygen atoms in total. The van der Waals surface area contributed by atoms with Crippen LogP contribution < -0.4 is 5.32 Å². The smallest absolute Gasteiger partial charge is 0.148 e. The van der Waals surface area contributed by atoms with Crippen LogP contribution in [0.4, 0.5) is 0 Å². The highest BCUT2D eigenvalue weighted by atomic mass is 32.2. The zero-order valence-electron chi connectivity index (χ0n) is 10.9. The minimum Gasteiger partial charge on any atom is -0.310 e. The second kappa shape index (κ2) is 7.81. The van der Waals surface area contributed by atoms with Crippen LogP contribution in [0.3, 0.4) is 0 Å². The summed E-state index contributed by atoms with van der Waals surface area (Å²) in [6, 6.07) is 10.6. The van der Waals surface area contributed by atoms with Crippen molar-refractivity contribution in [3.05, 3.63) is 35.9 Å². The van der Waals surface area contributed by atoms with Gasteiger partial charge < -0.3 is 5.32 Å². The molecule has 0 radical (unpaired) electrons. The van der Waals surface area contributed by atoms with Gasteiger partial charge in [-0.25, -0.2) is 8.42 Å². The van der Waals surface area contributed by atoms with E-state index in [9.17, 15) is 8.42 Å². The number of benzene rings is 1. The summed E-state index contributed by atoms with van der Waals surface area (Å²) in [5, 5.41) is 3.43. The molecule has 5 heteroatoms. The second-order valence-electron chi connectivity index (χ2n) is 4.23. The summed E-state index contributed by atoms with van der Waals surface area (Å²) < 4.78 is 22.1. The lowest BCUT2D eigenvalue weighted by Crippen LogP contribution is -2.23. The number of hydrogen-bond acceptors (Lipinski definition) is 4. The van der Waals surface area contributed by atoms with Gasteiger partial charge in [-0.15, -0.1) is 0 Å². The molecule has 102 valence electrons. The van der Waals surface area contributed by atoms with Crippen LogP contribution in [0, 0.1) is 0 Å². The fourth-order valence-electron chi connectivity index (χ4n) is 1.62. The molecule has 0 bridgehead atoms. The maximum absolute atomic E-state index is 11.0. The highest BCUT2D eigenvalue weighted by Crippen LogP contribution is 2.18. The quantitative estimate of drug-likeness (QED) is 0.744. The van der Waals surface area contributed by atoms with Gasteiger partial charge in [0, 0.05) is 23.8 Å². The van der Waals surface area contributed by atoms with Crippen molar-refractivity contribution in [2.45, 2.75) is 13.0 Å². The number of hydrogen-bond donors (Lipinski definition) is 1. The predicted octanol–water partition coefficient (Wildman–Crippen LogP) is 2.12. The Morgan fingerprint density at radius 2 is 1.94 bits per heavy atom. The van der Waals surface area contributed by atoms with Gasteiger partial charge in [-0.1, -0.05) is 37.3 Å². The first-order valence-corrected chi connectivity index (χ1v) is 9.28. The van der Waals surface area contributed by atoms with E-state index in [0.717, 1.165) is 12.3 Å². The molecule has 0 aliphatic heterocycles.